The Hall–Kier alpha value is -3.27. The predicted octanol–water partition coefficient (Wildman–Crippen LogP) is 1.48. The summed E-state index contributed by atoms with van der Waals surface area (Å²) in [6.45, 7) is 1.22. The second kappa shape index (κ2) is 6.41. The molecule has 0 amide bonds. The van der Waals surface area contributed by atoms with Gasteiger partial charge >= 0.3 is 0 Å². The predicted molar refractivity (Wildman–Crippen MR) is 104 cm³/mol. The number of nitrogens with zero attached hydrogens (tertiary/aromatic N) is 7. The topological polar surface area (TPSA) is 102 Å². The average molecular weight is 381 g/mol. The Morgan fingerprint density at radius 3 is 2.93 bits per heavy atom. The Bertz CT molecular complexity index is 1150. The highest BCUT2D eigenvalue weighted by Gasteiger charge is 2.28. The molecule has 1 aliphatic rings. The Morgan fingerprint density at radius 2 is 2.07 bits per heavy atom. The highest BCUT2D eigenvalue weighted by molar-refractivity contribution is 5.86. The Morgan fingerprint density at radius 1 is 1.18 bits per heavy atom. The third-order valence-electron chi connectivity index (χ3n) is 5.13. The van der Waals surface area contributed by atoms with Gasteiger partial charge in [-0.25, -0.2) is 18.4 Å². The Balaban J connectivity index is 1.49. The highest BCUT2D eigenvalue weighted by Crippen LogP contribution is 2.28. The zero-order chi connectivity index (χ0) is 19.3. The van der Waals surface area contributed by atoms with Gasteiger partial charge in [-0.2, -0.15) is 10.1 Å². The summed E-state index contributed by atoms with van der Waals surface area (Å²) in [6, 6.07) is 5.34. The number of nitrogen functional groups attached to an aromatic ring is 1. The summed E-state index contributed by atoms with van der Waals surface area (Å²) >= 11 is 0. The van der Waals surface area contributed by atoms with Crippen molar-refractivity contribution >= 4 is 22.9 Å². The van der Waals surface area contributed by atoms with Gasteiger partial charge in [-0.05, 0) is 31.7 Å². The smallest absolute Gasteiger partial charge is 0.243 e. The molecule has 0 spiro atoms. The zero-order valence-corrected chi connectivity index (χ0v) is 15.3. The average Bonchev–Trinajstić information content (AvgIpc) is 3.30. The van der Waals surface area contributed by atoms with Crippen LogP contribution in [0.5, 0.6) is 0 Å². The van der Waals surface area contributed by atoms with Gasteiger partial charge in [0.1, 0.15) is 11.7 Å². The van der Waals surface area contributed by atoms with Gasteiger partial charge in [-0.3, -0.25) is 0 Å². The molecule has 1 saturated heterocycles. The number of aromatic nitrogens is 6. The van der Waals surface area contributed by atoms with Crippen molar-refractivity contribution in [2.45, 2.75) is 18.6 Å². The van der Waals surface area contributed by atoms with Gasteiger partial charge in [0.05, 0.1) is 11.7 Å². The van der Waals surface area contributed by atoms with Crippen molar-refractivity contribution < 1.29 is 4.39 Å². The third kappa shape index (κ3) is 2.82. The van der Waals surface area contributed by atoms with E-state index in [9.17, 15) is 4.39 Å². The van der Waals surface area contributed by atoms with Crippen LogP contribution in [0.1, 0.15) is 6.42 Å². The monoisotopic (exact) mass is 381 g/mol. The fourth-order valence-corrected chi connectivity index (χ4v) is 3.66. The maximum atomic E-state index is 14.3. The zero-order valence-electron chi connectivity index (χ0n) is 15.3. The molecular formula is C18H20FN9. The van der Waals surface area contributed by atoms with Crippen LogP contribution >= 0.6 is 0 Å². The van der Waals surface area contributed by atoms with Crippen LogP contribution in [0.2, 0.25) is 0 Å². The van der Waals surface area contributed by atoms with Gasteiger partial charge in [-0.1, -0.05) is 0 Å². The van der Waals surface area contributed by atoms with Crippen molar-refractivity contribution in [2.24, 2.45) is 0 Å². The molecular weight excluding hydrogens is 361 g/mol. The van der Waals surface area contributed by atoms with Gasteiger partial charge in [0.2, 0.25) is 5.95 Å². The number of fused-ring (bicyclic) bond motifs is 2. The summed E-state index contributed by atoms with van der Waals surface area (Å²) in [6.07, 6.45) is 4.99. The molecule has 0 aromatic carbocycles. The van der Waals surface area contributed by atoms with Crippen molar-refractivity contribution in [1.29, 1.82) is 0 Å². The molecule has 10 heteroatoms. The van der Waals surface area contributed by atoms with Crippen LogP contribution < -0.4 is 11.1 Å². The van der Waals surface area contributed by atoms with Gasteiger partial charge in [0.25, 0.3) is 0 Å². The normalized spacial score (nSPS) is 20.8. The first-order valence-corrected chi connectivity index (χ1v) is 9.13. The molecule has 5 rings (SSSR count). The van der Waals surface area contributed by atoms with Crippen LogP contribution in [0.25, 0.3) is 22.4 Å². The number of imidazole rings is 1. The molecule has 4 aromatic rings. The molecule has 2 atom stereocenters. The number of nitrogens with one attached hydrogen (secondary N) is 1. The minimum atomic E-state index is -0.981. The van der Waals surface area contributed by atoms with E-state index in [4.69, 9.17) is 5.73 Å². The number of alkyl halides is 1. The molecule has 1 aliphatic heterocycles. The lowest BCUT2D eigenvalue weighted by Gasteiger charge is -2.32. The fourth-order valence-electron chi connectivity index (χ4n) is 3.66. The minimum absolute atomic E-state index is 0.313. The van der Waals surface area contributed by atoms with Crippen LogP contribution in [0.3, 0.4) is 0 Å². The van der Waals surface area contributed by atoms with Crippen LogP contribution in [0.4, 0.5) is 16.2 Å². The highest BCUT2D eigenvalue weighted by atomic mass is 19.1. The first kappa shape index (κ1) is 16.9. The first-order chi connectivity index (χ1) is 13.6. The molecule has 0 bridgehead atoms. The lowest BCUT2D eigenvalue weighted by atomic mass is 10.0. The van der Waals surface area contributed by atoms with E-state index in [1.807, 2.05) is 30.1 Å². The molecule has 4 aromatic heterocycles. The van der Waals surface area contributed by atoms with Crippen LogP contribution in [-0.4, -0.2) is 66.4 Å². The van der Waals surface area contributed by atoms with Crippen LogP contribution in [0.15, 0.2) is 36.8 Å². The van der Waals surface area contributed by atoms with Crippen LogP contribution in [-0.2, 0) is 0 Å². The summed E-state index contributed by atoms with van der Waals surface area (Å²) < 4.78 is 17.7. The van der Waals surface area contributed by atoms with E-state index in [-0.39, 0.29) is 6.04 Å². The number of halogens is 1. The van der Waals surface area contributed by atoms with E-state index < -0.39 is 6.17 Å². The molecule has 0 saturated carbocycles. The molecule has 0 aliphatic carbocycles. The number of hydrogen-bond acceptors (Lipinski definition) is 7. The van der Waals surface area contributed by atoms with Gasteiger partial charge in [0, 0.05) is 37.2 Å². The number of nitrogens with two attached hydrogens (primary N) is 1. The summed E-state index contributed by atoms with van der Waals surface area (Å²) in [5.74, 6) is 0.635. The molecule has 1 fully saturated rings. The lowest BCUT2D eigenvalue weighted by molar-refractivity contribution is 0.149. The largest absolute Gasteiger partial charge is 0.382 e. The molecule has 0 radical (unpaired) electrons. The van der Waals surface area contributed by atoms with Crippen LogP contribution in [0, 0.1) is 0 Å². The van der Waals surface area contributed by atoms with E-state index in [0.29, 0.717) is 30.2 Å². The summed E-state index contributed by atoms with van der Waals surface area (Å²) in [7, 11) is 1.92. The second-order valence-electron chi connectivity index (χ2n) is 7.11. The number of hydrogen-bond donors (Lipinski definition) is 2. The van der Waals surface area contributed by atoms with Crippen molar-refractivity contribution in [1.82, 2.24) is 34.1 Å². The summed E-state index contributed by atoms with van der Waals surface area (Å²) in [5, 5.41) is 12.1. The molecule has 0 unspecified atom stereocenters. The summed E-state index contributed by atoms with van der Waals surface area (Å²) in [5.41, 5.74) is 9.22. The summed E-state index contributed by atoms with van der Waals surface area (Å²) in [4.78, 5) is 10.5. The van der Waals surface area contributed by atoms with Gasteiger partial charge in [0.15, 0.2) is 11.5 Å². The SMILES string of the molecule is CN1CC[C@H](Nc2nc(N)c3c(-c4ccc5nccn5n4)ccn3n2)[C@H](F)C1. The quantitative estimate of drug-likeness (QED) is 0.554. The van der Waals surface area contributed by atoms with Gasteiger partial charge in [-0.15, -0.1) is 5.10 Å². The van der Waals surface area contributed by atoms with E-state index in [1.165, 1.54) is 0 Å². The lowest BCUT2D eigenvalue weighted by Crippen LogP contribution is -2.46. The number of rotatable bonds is 3. The molecule has 144 valence electrons. The molecule has 3 N–H and O–H groups in total. The second-order valence-corrected chi connectivity index (χ2v) is 7.11. The third-order valence-corrected chi connectivity index (χ3v) is 5.13. The van der Waals surface area contributed by atoms with E-state index >= 15 is 0 Å². The Labute approximate surface area is 160 Å². The fraction of sp³-hybridized carbons (Fsp3) is 0.333. The number of piperidine rings is 1. The maximum absolute atomic E-state index is 14.3. The molecule has 28 heavy (non-hydrogen) atoms. The van der Waals surface area contributed by atoms with Crippen molar-refractivity contribution in [3.8, 4) is 11.3 Å². The maximum Gasteiger partial charge on any atom is 0.243 e. The standard InChI is InChI=1S/C18H20FN9/c1-26-7-5-14(12(19)10-26)22-18-23-17(20)16-11(4-8-28(16)25-18)13-2-3-15-21-6-9-27(15)24-13/h2-4,6,8-9,12,14H,5,7,10H2,1H3,(H3,20,22,23,25)/t12-,14+/m1/s1. The molecule has 5 heterocycles. The van der Waals surface area contributed by atoms with Gasteiger partial charge < -0.3 is 16.0 Å². The number of likely N-dealkylation sites (tertiary alicyclic amines) is 1. The number of anilines is 2. The minimum Gasteiger partial charge on any atom is -0.382 e. The van der Waals surface area contributed by atoms with E-state index in [2.05, 4.69) is 25.5 Å². The van der Waals surface area contributed by atoms with E-state index in [1.54, 1.807) is 27.6 Å². The Kier molecular flexibility index (Phi) is 3.86. The van der Waals surface area contributed by atoms with Crippen molar-refractivity contribution in [3.63, 3.8) is 0 Å². The van der Waals surface area contributed by atoms with E-state index in [0.717, 1.165) is 23.4 Å². The first-order valence-electron chi connectivity index (χ1n) is 9.13. The van der Waals surface area contributed by atoms with Crippen molar-refractivity contribution in [3.05, 3.63) is 36.8 Å². The van der Waals surface area contributed by atoms with Crippen molar-refractivity contribution in [2.75, 3.05) is 31.2 Å². The molecule has 9 nitrogen and oxygen atoms in total.